The molecule has 0 amide bonds. The molecule has 1 rings (SSSR count). The number of hydrogen-bond donors (Lipinski definition) is 2. The van der Waals surface area contributed by atoms with E-state index in [9.17, 15) is 4.39 Å². The van der Waals surface area contributed by atoms with Crippen molar-refractivity contribution >= 4 is 0 Å². The van der Waals surface area contributed by atoms with Crippen LogP contribution in [0.4, 0.5) is 4.39 Å². The molecule has 4 nitrogen and oxygen atoms in total. The number of benzene rings is 1. The van der Waals surface area contributed by atoms with Crippen molar-refractivity contribution < 1.29 is 19.0 Å². The molecule has 5 heteroatoms. The maximum absolute atomic E-state index is 13.5. The lowest BCUT2D eigenvalue weighted by Gasteiger charge is -2.18. The molecule has 0 aliphatic rings. The summed E-state index contributed by atoms with van der Waals surface area (Å²) >= 11 is 0. The van der Waals surface area contributed by atoms with Crippen molar-refractivity contribution in [1.29, 1.82) is 0 Å². The van der Waals surface area contributed by atoms with Crippen LogP contribution in [0.3, 0.4) is 0 Å². The maximum Gasteiger partial charge on any atom is 0.166 e. The number of alkyl halides is 1. The first-order valence-corrected chi connectivity index (χ1v) is 5.31. The Labute approximate surface area is 100 Å². The predicted molar refractivity (Wildman–Crippen MR) is 63.1 cm³/mol. The molecule has 0 aliphatic carbocycles. The summed E-state index contributed by atoms with van der Waals surface area (Å²) in [6, 6.07) is 2.67. The Morgan fingerprint density at radius 2 is 2.00 bits per heavy atom. The number of halogens is 1. The molecule has 1 aromatic rings. The Kier molecular flexibility index (Phi) is 4.72. The van der Waals surface area contributed by atoms with Crippen molar-refractivity contribution in [3.63, 3.8) is 0 Å². The first-order chi connectivity index (χ1) is 8.04. The Morgan fingerprint density at radius 3 is 2.41 bits per heavy atom. The number of nitrogens with two attached hydrogens (primary N) is 1. The van der Waals surface area contributed by atoms with Gasteiger partial charge < -0.3 is 20.3 Å². The molecule has 3 N–H and O–H groups in total. The topological polar surface area (TPSA) is 64.7 Å². The van der Waals surface area contributed by atoms with Crippen LogP contribution in [-0.4, -0.2) is 25.9 Å². The third-order valence-corrected chi connectivity index (χ3v) is 2.58. The van der Waals surface area contributed by atoms with Gasteiger partial charge in [0.1, 0.15) is 6.17 Å². The van der Waals surface area contributed by atoms with Gasteiger partial charge in [-0.15, -0.1) is 0 Å². The molecule has 0 saturated carbocycles. The number of aliphatic hydroxyl groups excluding tert-OH is 1. The van der Waals surface area contributed by atoms with Gasteiger partial charge >= 0.3 is 0 Å². The monoisotopic (exact) mass is 243 g/mol. The standard InChI is InChI=1S/C12H18FNO3/c1-7(13)9-4-8(10(14)6-15)5-11(16-2)12(9)17-3/h4-5,7,10,15H,6,14H2,1-3H3. The summed E-state index contributed by atoms with van der Waals surface area (Å²) < 4.78 is 23.8. The van der Waals surface area contributed by atoms with Crippen LogP contribution in [0.25, 0.3) is 0 Å². The highest BCUT2D eigenvalue weighted by Crippen LogP contribution is 2.38. The minimum absolute atomic E-state index is 0.213. The van der Waals surface area contributed by atoms with Crippen molar-refractivity contribution in [1.82, 2.24) is 0 Å². The van der Waals surface area contributed by atoms with Gasteiger partial charge in [-0.2, -0.15) is 0 Å². The average Bonchev–Trinajstić information content (AvgIpc) is 2.35. The summed E-state index contributed by atoms with van der Waals surface area (Å²) in [5.41, 5.74) is 6.69. The van der Waals surface area contributed by atoms with E-state index in [-0.39, 0.29) is 6.61 Å². The van der Waals surface area contributed by atoms with Crippen LogP contribution in [-0.2, 0) is 0 Å². The number of ether oxygens (including phenoxy) is 2. The zero-order valence-corrected chi connectivity index (χ0v) is 10.2. The summed E-state index contributed by atoms with van der Waals surface area (Å²) in [4.78, 5) is 0. The van der Waals surface area contributed by atoms with E-state index in [1.807, 2.05) is 0 Å². The Bertz CT molecular complexity index is 382. The summed E-state index contributed by atoms with van der Waals surface area (Å²) in [7, 11) is 2.92. The van der Waals surface area contributed by atoms with E-state index in [0.717, 1.165) is 0 Å². The van der Waals surface area contributed by atoms with Crippen LogP contribution in [0.2, 0.25) is 0 Å². The zero-order chi connectivity index (χ0) is 13.0. The van der Waals surface area contributed by atoms with Gasteiger partial charge in [0.15, 0.2) is 11.5 Å². The highest BCUT2D eigenvalue weighted by molar-refractivity contribution is 5.51. The fraction of sp³-hybridized carbons (Fsp3) is 0.500. The molecule has 0 aliphatic heterocycles. The molecule has 0 heterocycles. The van der Waals surface area contributed by atoms with Gasteiger partial charge in [-0.3, -0.25) is 0 Å². The molecule has 0 saturated heterocycles. The van der Waals surface area contributed by atoms with E-state index in [1.54, 1.807) is 12.1 Å². The minimum Gasteiger partial charge on any atom is -0.493 e. The summed E-state index contributed by atoms with van der Waals surface area (Å²) in [6.45, 7) is 1.20. The van der Waals surface area contributed by atoms with E-state index in [0.29, 0.717) is 22.6 Å². The molecule has 0 radical (unpaired) electrons. The van der Waals surface area contributed by atoms with Crippen LogP contribution in [0.1, 0.15) is 30.3 Å². The molecule has 0 spiro atoms. The first-order valence-electron chi connectivity index (χ1n) is 5.31. The maximum atomic E-state index is 13.5. The van der Waals surface area contributed by atoms with Crippen molar-refractivity contribution in [2.75, 3.05) is 20.8 Å². The molecule has 96 valence electrons. The lowest BCUT2D eigenvalue weighted by molar-refractivity contribution is 0.266. The molecule has 0 bridgehead atoms. The molecule has 0 fully saturated rings. The number of aliphatic hydroxyl groups is 1. The molecular formula is C12H18FNO3. The van der Waals surface area contributed by atoms with Gasteiger partial charge in [-0.05, 0) is 24.6 Å². The van der Waals surface area contributed by atoms with Crippen molar-refractivity contribution in [3.05, 3.63) is 23.3 Å². The third kappa shape index (κ3) is 2.87. The second-order valence-corrected chi connectivity index (χ2v) is 3.75. The van der Waals surface area contributed by atoms with Gasteiger partial charge in [0.05, 0.1) is 26.9 Å². The highest BCUT2D eigenvalue weighted by Gasteiger charge is 2.19. The molecule has 0 aromatic heterocycles. The highest BCUT2D eigenvalue weighted by atomic mass is 19.1. The minimum atomic E-state index is -1.20. The van der Waals surface area contributed by atoms with Gasteiger partial charge in [0.25, 0.3) is 0 Å². The van der Waals surface area contributed by atoms with Gasteiger partial charge in [-0.1, -0.05) is 0 Å². The van der Waals surface area contributed by atoms with Crippen LogP contribution in [0.15, 0.2) is 12.1 Å². The van der Waals surface area contributed by atoms with E-state index in [2.05, 4.69) is 0 Å². The largest absolute Gasteiger partial charge is 0.493 e. The molecule has 1 aromatic carbocycles. The SMILES string of the molecule is COc1cc(C(N)CO)cc(C(C)F)c1OC. The Morgan fingerprint density at radius 1 is 1.35 bits per heavy atom. The Hall–Kier alpha value is -1.33. The number of rotatable bonds is 5. The quantitative estimate of drug-likeness (QED) is 0.826. The normalized spacial score (nSPS) is 14.2. The fourth-order valence-electron chi connectivity index (χ4n) is 1.63. The van der Waals surface area contributed by atoms with Crippen LogP contribution in [0.5, 0.6) is 11.5 Å². The smallest absolute Gasteiger partial charge is 0.166 e. The molecular weight excluding hydrogens is 225 g/mol. The lowest BCUT2D eigenvalue weighted by Crippen LogP contribution is -2.15. The van der Waals surface area contributed by atoms with Crippen molar-refractivity contribution in [2.24, 2.45) is 5.73 Å². The van der Waals surface area contributed by atoms with Gasteiger partial charge in [-0.25, -0.2) is 4.39 Å². The molecule has 17 heavy (non-hydrogen) atoms. The summed E-state index contributed by atoms with van der Waals surface area (Å²) in [5.74, 6) is 0.768. The van der Waals surface area contributed by atoms with Crippen LogP contribution < -0.4 is 15.2 Å². The van der Waals surface area contributed by atoms with E-state index >= 15 is 0 Å². The van der Waals surface area contributed by atoms with E-state index in [4.69, 9.17) is 20.3 Å². The number of methoxy groups -OCH3 is 2. The summed E-state index contributed by atoms with van der Waals surface area (Å²) in [6.07, 6.45) is -1.20. The van der Waals surface area contributed by atoms with E-state index in [1.165, 1.54) is 21.1 Å². The van der Waals surface area contributed by atoms with Crippen LogP contribution in [0, 0.1) is 0 Å². The third-order valence-electron chi connectivity index (χ3n) is 2.58. The average molecular weight is 243 g/mol. The Balaban J connectivity index is 3.34. The van der Waals surface area contributed by atoms with Crippen molar-refractivity contribution in [2.45, 2.75) is 19.1 Å². The first kappa shape index (κ1) is 13.7. The van der Waals surface area contributed by atoms with Crippen molar-refractivity contribution in [3.8, 4) is 11.5 Å². The summed E-state index contributed by atoms with van der Waals surface area (Å²) in [5, 5.41) is 9.02. The predicted octanol–water partition coefficient (Wildman–Crippen LogP) is 1.73. The van der Waals surface area contributed by atoms with Gasteiger partial charge in [0.2, 0.25) is 0 Å². The molecule has 2 unspecified atom stereocenters. The van der Waals surface area contributed by atoms with Crippen LogP contribution >= 0.6 is 0 Å². The second kappa shape index (κ2) is 5.84. The number of hydrogen-bond acceptors (Lipinski definition) is 4. The van der Waals surface area contributed by atoms with E-state index < -0.39 is 12.2 Å². The second-order valence-electron chi connectivity index (χ2n) is 3.75. The fourth-order valence-corrected chi connectivity index (χ4v) is 1.63. The zero-order valence-electron chi connectivity index (χ0n) is 10.2. The molecule has 2 atom stereocenters. The lowest BCUT2D eigenvalue weighted by atomic mass is 10.0. The van der Waals surface area contributed by atoms with Gasteiger partial charge in [0, 0.05) is 5.56 Å².